The summed E-state index contributed by atoms with van der Waals surface area (Å²) in [5.41, 5.74) is 1.27. The molecule has 0 spiro atoms. The maximum absolute atomic E-state index is 13.2. The lowest BCUT2D eigenvalue weighted by Gasteiger charge is -2.26. The number of likely N-dealkylation sites (tertiary alicyclic amines) is 1. The van der Waals surface area contributed by atoms with Crippen molar-refractivity contribution in [3.63, 3.8) is 0 Å². The summed E-state index contributed by atoms with van der Waals surface area (Å²) in [7, 11) is 5.49. The Kier molecular flexibility index (Phi) is 8.93. The van der Waals surface area contributed by atoms with E-state index in [1.54, 1.807) is 36.3 Å². The van der Waals surface area contributed by atoms with Crippen molar-refractivity contribution in [1.29, 1.82) is 0 Å². The first kappa shape index (κ1) is 26.3. The van der Waals surface area contributed by atoms with Gasteiger partial charge in [-0.1, -0.05) is 26.0 Å². The van der Waals surface area contributed by atoms with Crippen LogP contribution < -0.4 is 9.47 Å². The molecular weight excluding hydrogens is 444 g/mol. The van der Waals surface area contributed by atoms with Gasteiger partial charge in [0.15, 0.2) is 0 Å². The molecule has 0 aromatic heterocycles. The third-order valence-electron chi connectivity index (χ3n) is 6.05. The molecule has 1 fully saturated rings. The minimum atomic E-state index is -0.701. The number of hydrogen-bond donors (Lipinski definition) is 1. The highest BCUT2D eigenvalue weighted by Gasteiger charge is 2.45. The lowest BCUT2D eigenvalue weighted by Crippen LogP contribution is -2.32. The quantitative estimate of drug-likeness (QED) is 0.290. The van der Waals surface area contributed by atoms with Crippen LogP contribution in [-0.4, -0.2) is 67.5 Å². The summed E-state index contributed by atoms with van der Waals surface area (Å²) in [5, 5.41) is 11.2. The molecule has 188 valence electrons. The monoisotopic (exact) mass is 480 g/mol. The number of methoxy groups -OCH3 is 1. The van der Waals surface area contributed by atoms with E-state index in [1.807, 2.05) is 43.3 Å². The molecule has 1 heterocycles. The van der Waals surface area contributed by atoms with E-state index < -0.39 is 17.7 Å². The van der Waals surface area contributed by atoms with E-state index in [0.717, 1.165) is 18.5 Å². The summed E-state index contributed by atoms with van der Waals surface area (Å²) in [6.07, 6.45) is 1.62. The number of aliphatic hydroxyl groups is 1. The van der Waals surface area contributed by atoms with Crippen LogP contribution in [0.25, 0.3) is 5.76 Å². The van der Waals surface area contributed by atoms with Crippen molar-refractivity contribution in [2.24, 2.45) is 5.92 Å². The molecule has 7 heteroatoms. The average molecular weight is 481 g/mol. The molecule has 1 saturated heterocycles. The Bertz CT molecular complexity index is 1060. The molecular formula is C28H36N2O5. The van der Waals surface area contributed by atoms with Crippen LogP contribution in [0.15, 0.2) is 54.1 Å². The first-order chi connectivity index (χ1) is 16.7. The molecule has 7 nitrogen and oxygen atoms in total. The number of amides is 1. The fraction of sp³-hybridized carbons (Fsp3) is 0.429. The topological polar surface area (TPSA) is 79.3 Å². The summed E-state index contributed by atoms with van der Waals surface area (Å²) in [5.74, 6) is 0.345. The van der Waals surface area contributed by atoms with Gasteiger partial charge in [0.2, 0.25) is 0 Å². The van der Waals surface area contributed by atoms with Gasteiger partial charge in [-0.15, -0.1) is 0 Å². The summed E-state index contributed by atoms with van der Waals surface area (Å²) in [4.78, 5) is 29.9. The largest absolute Gasteiger partial charge is 0.507 e. The molecule has 3 rings (SSSR count). The predicted molar refractivity (Wildman–Crippen MR) is 137 cm³/mol. The van der Waals surface area contributed by atoms with E-state index in [0.29, 0.717) is 42.6 Å². The fourth-order valence-corrected chi connectivity index (χ4v) is 4.11. The van der Waals surface area contributed by atoms with Crippen LogP contribution in [0.2, 0.25) is 0 Å². The summed E-state index contributed by atoms with van der Waals surface area (Å²) >= 11 is 0. The zero-order valence-electron chi connectivity index (χ0n) is 21.3. The number of aliphatic hydroxyl groups excluding tert-OH is 1. The van der Waals surface area contributed by atoms with Crippen LogP contribution in [0.3, 0.4) is 0 Å². The number of nitrogens with zero attached hydrogens (tertiary/aromatic N) is 2. The zero-order chi connectivity index (χ0) is 25.5. The van der Waals surface area contributed by atoms with Crippen LogP contribution in [0.1, 0.15) is 43.9 Å². The zero-order valence-corrected chi connectivity index (χ0v) is 21.3. The minimum Gasteiger partial charge on any atom is -0.507 e. The van der Waals surface area contributed by atoms with Gasteiger partial charge in [0.25, 0.3) is 11.7 Å². The van der Waals surface area contributed by atoms with Crippen molar-refractivity contribution in [1.82, 2.24) is 9.80 Å². The average Bonchev–Trinajstić information content (AvgIpc) is 3.08. The van der Waals surface area contributed by atoms with E-state index in [2.05, 4.69) is 13.8 Å². The molecule has 1 aliphatic rings. The van der Waals surface area contributed by atoms with Crippen LogP contribution in [0, 0.1) is 5.92 Å². The van der Waals surface area contributed by atoms with Gasteiger partial charge in [-0.2, -0.15) is 0 Å². The molecule has 2 aromatic rings. The number of benzene rings is 2. The van der Waals surface area contributed by atoms with Crippen LogP contribution >= 0.6 is 0 Å². The van der Waals surface area contributed by atoms with Gasteiger partial charge < -0.3 is 24.4 Å². The van der Waals surface area contributed by atoms with Crippen LogP contribution in [0.5, 0.6) is 11.5 Å². The fourth-order valence-electron chi connectivity index (χ4n) is 4.11. The van der Waals surface area contributed by atoms with E-state index in [1.165, 1.54) is 0 Å². The molecule has 35 heavy (non-hydrogen) atoms. The smallest absolute Gasteiger partial charge is 0.295 e. The van der Waals surface area contributed by atoms with E-state index in [-0.39, 0.29) is 11.3 Å². The number of rotatable bonds is 11. The molecule has 1 amide bonds. The Labute approximate surface area is 207 Å². The van der Waals surface area contributed by atoms with E-state index in [4.69, 9.17) is 9.47 Å². The Hall–Kier alpha value is -3.32. The SMILES string of the molecule is COc1ccc(/C(O)=C2\C(=O)C(=O)N(CCCN(C)C)C2c2cccc(OCCC(C)C)c2)cc1. The highest BCUT2D eigenvalue weighted by atomic mass is 16.5. The number of ether oxygens (including phenoxy) is 2. The first-order valence-corrected chi connectivity index (χ1v) is 12.0. The Morgan fingerprint density at radius 2 is 1.80 bits per heavy atom. The molecule has 0 aliphatic carbocycles. The van der Waals surface area contributed by atoms with Crippen LogP contribution in [0.4, 0.5) is 0 Å². The van der Waals surface area contributed by atoms with Gasteiger partial charge in [0.1, 0.15) is 17.3 Å². The third kappa shape index (κ3) is 6.42. The maximum Gasteiger partial charge on any atom is 0.295 e. The number of Topliss-reactive ketones (excluding diaryl/α,β-unsaturated/α-hetero) is 1. The Morgan fingerprint density at radius 3 is 2.43 bits per heavy atom. The summed E-state index contributed by atoms with van der Waals surface area (Å²) in [6, 6.07) is 13.5. The number of carbonyl (C=O) groups excluding carboxylic acids is 2. The van der Waals surface area contributed by atoms with Gasteiger partial charge >= 0.3 is 0 Å². The lowest BCUT2D eigenvalue weighted by atomic mass is 9.95. The molecule has 0 radical (unpaired) electrons. The van der Waals surface area contributed by atoms with Crippen molar-refractivity contribution in [3.8, 4) is 11.5 Å². The second-order valence-electron chi connectivity index (χ2n) is 9.48. The minimum absolute atomic E-state index is 0.0874. The molecule has 0 saturated carbocycles. The second kappa shape index (κ2) is 11.9. The standard InChI is InChI=1S/C28H36N2O5/c1-19(2)14-17-35-23-9-6-8-21(18-23)25-24(26(31)20-10-12-22(34-5)13-11-20)27(32)28(33)30(25)16-7-15-29(3)4/h6,8-13,18-19,25,31H,7,14-17H2,1-5H3/b26-24+. The highest BCUT2D eigenvalue weighted by Crippen LogP contribution is 2.40. The third-order valence-corrected chi connectivity index (χ3v) is 6.05. The first-order valence-electron chi connectivity index (χ1n) is 12.0. The molecule has 0 bridgehead atoms. The molecule has 1 unspecified atom stereocenters. The molecule has 1 aliphatic heterocycles. The highest BCUT2D eigenvalue weighted by molar-refractivity contribution is 6.46. The van der Waals surface area contributed by atoms with Crippen molar-refractivity contribution < 1.29 is 24.2 Å². The molecule has 1 N–H and O–H groups in total. The number of hydrogen-bond acceptors (Lipinski definition) is 6. The Balaban J connectivity index is 2.02. The van der Waals surface area contributed by atoms with E-state index >= 15 is 0 Å². The van der Waals surface area contributed by atoms with Crippen molar-refractivity contribution >= 4 is 17.4 Å². The number of carbonyl (C=O) groups is 2. The summed E-state index contributed by atoms with van der Waals surface area (Å²) < 4.78 is 11.1. The van der Waals surface area contributed by atoms with Crippen molar-refractivity contribution in [3.05, 3.63) is 65.2 Å². The Morgan fingerprint density at radius 1 is 1.09 bits per heavy atom. The maximum atomic E-state index is 13.2. The van der Waals surface area contributed by atoms with Gasteiger partial charge in [-0.05, 0) is 81.4 Å². The van der Waals surface area contributed by atoms with Crippen molar-refractivity contribution in [2.75, 3.05) is 40.9 Å². The molecule has 1 atom stereocenters. The summed E-state index contributed by atoms with van der Waals surface area (Å²) in [6.45, 7) is 6.02. The van der Waals surface area contributed by atoms with Crippen LogP contribution in [-0.2, 0) is 9.59 Å². The molecule has 2 aromatic carbocycles. The van der Waals surface area contributed by atoms with Gasteiger partial charge in [-0.3, -0.25) is 9.59 Å². The van der Waals surface area contributed by atoms with Gasteiger partial charge in [-0.25, -0.2) is 0 Å². The number of ketones is 1. The lowest BCUT2D eigenvalue weighted by molar-refractivity contribution is -0.139. The van der Waals surface area contributed by atoms with Gasteiger partial charge in [0, 0.05) is 12.1 Å². The predicted octanol–water partition coefficient (Wildman–Crippen LogP) is 4.49. The normalized spacial score (nSPS) is 17.5. The van der Waals surface area contributed by atoms with Gasteiger partial charge in [0.05, 0.1) is 25.3 Å². The van der Waals surface area contributed by atoms with Crippen molar-refractivity contribution in [2.45, 2.75) is 32.7 Å². The van der Waals surface area contributed by atoms with E-state index in [9.17, 15) is 14.7 Å². The second-order valence-corrected chi connectivity index (χ2v) is 9.48.